The predicted molar refractivity (Wildman–Crippen MR) is 74.2 cm³/mol. The third kappa shape index (κ3) is 6.42. The van der Waals surface area contributed by atoms with Gasteiger partial charge < -0.3 is 10.0 Å². The maximum absolute atomic E-state index is 9.81. The Bertz CT molecular complexity index is 184. The Morgan fingerprint density at radius 3 is 2.35 bits per heavy atom. The van der Waals surface area contributed by atoms with Gasteiger partial charge in [0.15, 0.2) is 0 Å². The van der Waals surface area contributed by atoms with Crippen LogP contribution < -0.4 is 0 Å². The van der Waals surface area contributed by atoms with Gasteiger partial charge in [0.1, 0.15) is 0 Å². The van der Waals surface area contributed by atoms with E-state index < -0.39 is 0 Å². The van der Waals surface area contributed by atoms with Crippen LogP contribution in [0.3, 0.4) is 0 Å². The molecule has 2 atom stereocenters. The topological polar surface area (TPSA) is 23.5 Å². The van der Waals surface area contributed by atoms with Crippen molar-refractivity contribution in [1.82, 2.24) is 4.90 Å². The van der Waals surface area contributed by atoms with E-state index in [-0.39, 0.29) is 6.10 Å². The lowest BCUT2D eigenvalue weighted by molar-refractivity contribution is 0.0286. The minimum atomic E-state index is -0.0895. The van der Waals surface area contributed by atoms with Gasteiger partial charge in [-0.15, -0.1) is 0 Å². The Balaban J connectivity index is 1.92. The van der Waals surface area contributed by atoms with E-state index in [2.05, 4.69) is 18.7 Å². The number of hydrogen-bond acceptors (Lipinski definition) is 2. The van der Waals surface area contributed by atoms with Crippen LogP contribution in [0.1, 0.15) is 65.2 Å². The number of nitrogens with zero attached hydrogens (tertiary/aromatic N) is 1. The Morgan fingerprint density at radius 2 is 1.71 bits per heavy atom. The maximum atomic E-state index is 9.81. The fourth-order valence-electron chi connectivity index (χ4n) is 2.61. The van der Waals surface area contributed by atoms with Crippen LogP contribution in [0, 0.1) is 5.92 Å². The first-order valence-corrected chi connectivity index (χ1v) is 7.64. The average Bonchev–Trinajstić information content (AvgIpc) is 2.32. The molecule has 1 saturated heterocycles. The van der Waals surface area contributed by atoms with Crippen LogP contribution in [0.2, 0.25) is 0 Å². The molecular formula is C15H31NO. The first kappa shape index (κ1) is 15.0. The fourth-order valence-corrected chi connectivity index (χ4v) is 2.61. The highest BCUT2D eigenvalue weighted by molar-refractivity contribution is 4.76. The van der Waals surface area contributed by atoms with E-state index in [9.17, 15) is 5.11 Å². The molecule has 102 valence electrons. The first-order valence-electron chi connectivity index (χ1n) is 7.64. The normalized spacial score (nSPS) is 26.3. The summed E-state index contributed by atoms with van der Waals surface area (Å²) >= 11 is 0. The highest BCUT2D eigenvalue weighted by atomic mass is 16.3. The Kier molecular flexibility index (Phi) is 7.87. The minimum absolute atomic E-state index is 0.0895. The Hall–Kier alpha value is -0.0800. The van der Waals surface area contributed by atoms with E-state index in [1.807, 2.05) is 0 Å². The second-order valence-electron chi connectivity index (χ2n) is 5.76. The molecule has 1 heterocycles. The van der Waals surface area contributed by atoms with Crippen molar-refractivity contribution in [1.29, 1.82) is 0 Å². The van der Waals surface area contributed by atoms with Crippen LogP contribution in [0.5, 0.6) is 0 Å². The molecule has 1 rings (SSSR count). The lowest BCUT2D eigenvalue weighted by Crippen LogP contribution is -2.43. The number of unbranched alkanes of at least 4 members (excludes halogenated alkanes) is 6. The number of aliphatic hydroxyl groups excluding tert-OH is 1. The summed E-state index contributed by atoms with van der Waals surface area (Å²) in [5.74, 6) is 0.500. The van der Waals surface area contributed by atoms with E-state index in [0.29, 0.717) is 5.92 Å². The molecule has 17 heavy (non-hydrogen) atoms. The summed E-state index contributed by atoms with van der Waals surface area (Å²) in [5.41, 5.74) is 0. The molecule has 0 amide bonds. The van der Waals surface area contributed by atoms with Crippen molar-refractivity contribution < 1.29 is 5.11 Å². The SMILES string of the molecule is CCCCCCCCCN1CCC(C)C(O)C1. The number of hydrogen-bond donors (Lipinski definition) is 1. The zero-order chi connectivity index (χ0) is 12.5. The molecule has 0 aliphatic carbocycles. The van der Waals surface area contributed by atoms with E-state index in [0.717, 1.165) is 13.0 Å². The van der Waals surface area contributed by atoms with Crippen molar-refractivity contribution >= 4 is 0 Å². The standard InChI is InChI=1S/C15H31NO/c1-3-4-5-6-7-8-9-11-16-12-10-14(2)15(17)13-16/h14-15,17H,3-13H2,1-2H3. The molecule has 0 aromatic carbocycles. The largest absolute Gasteiger partial charge is 0.392 e. The van der Waals surface area contributed by atoms with Gasteiger partial charge in [-0.25, -0.2) is 0 Å². The quantitative estimate of drug-likeness (QED) is 0.658. The van der Waals surface area contributed by atoms with Gasteiger partial charge in [-0.3, -0.25) is 0 Å². The zero-order valence-electron chi connectivity index (χ0n) is 11.8. The van der Waals surface area contributed by atoms with Crippen molar-refractivity contribution in [3.05, 3.63) is 0 Å². The second kappa shape index (κ2) is 8.93. The van der Waals surface area contributed by atoms with Crippen molar-refractivity contribution in [2.45, 2.75) is 71.3 Å². The highest BCUT2D eigenvalue weighted by Gasteiger charge is 2.23. The molecule has 2 nitrogen and oxygen atoms in total. The van der Waals surface area contributed by atoms with Crippen LogP contribution in [0.25, 0.3) is 0 Å². The lowest BCUT2D eigenvalue weighted by Gasteiger charge is -2.34. The van der Waals surface area contributed by atoms with Crippen LogP contribution in [-0.4, -0.2) is 35.7 Å². The number of aliphatic hydroxyl groups is 1. The zero-order valence-corrected chi connectivity index (χ0v) is 11.8. The number of likely N-dealkylation sites (tertiary alicyclic amines) is 1. The fraction of sp³-hybridized carbons (Fsp3) is 1.00. The van der Waals surface area contributed by atoms with E-state index >= 15 is 0 Å². The summed E-state index contributed by atoms with van der Waals surface area (Å²) in [6, 6.07) is 0. The summed E-state index contributed by atoms with van der Waals surface area (Å²) in [7, 11) is 0. The molecule has 0 aromatic rings. The predicted octanol–water partition coefficient (Wildman–Crippen LogP) is 3.44. The van der Waals surface area contributed by atoms with Gasteiger partial charge in [0.25, 0.3) is 0 Å². The molecule has 0 saturated carbocycles. The van der Waals surface area contributed by atoms with Gasteiger partial charge in [0, 0.05) is 6.54 Å². The van der Waals surface area contributed by atoms with Crippen LogP contribution in [0.4, 0.5) is 0 Å². The van der Waals surface area contributed by atoms with Crippen LogP contribution in [-0.2, 0) is 0 Å². The summed E-state index contributed by atoms with van der Waals surface area (Å²) < 4.78 is 0. The van der Waals surface area contributed by atoms with Crippen molar-refractivity contribution in [3.8, 4) is 0 Å². The molecule has 1 fully saturated rings. The van der Waals surface area contributed by atoms with Gasteiger partial charge in [0.05, 0.1) is 6.10 Å². The third-order valence-electron chi connectivity index (χ3n) is 4.08. The molecule has 2 heteroatoms. The van der Waals surface area contributed by atoms with Crippen LogP contribution >= 0.6 is 0 Å². The van der Waals surface area contributed by atoms with E-state index in [1.54, 1.807) is 0 Å². The molecule has 0 bridgehead atoms. The van der Waals surface area contributed by atoms with Gasteiger partial charge in [0.2, 0.25) is 0 Å². The molecular weight excluding hydrogens is 210 g/mol. The third-order valence-corrected chi connectivity index (χ3v) is 4.08. The first-order chi connectivity index (χ1) is 8.24. The van der Waals surface area contributed by atoms with Gasteiger partial charge in [-0.05, 0) is 31.8 Å². The Labute approximate surface area is 107 Å². The van der Waals surface area contributed by atoms with Crippen molar-refractivity contribution in [3.63, 3.8) is 0 Å². The summed E-state index contributed by atoms with van der Waals surface area (Å²) in [6.07, 6.45) is 10.7. The molecule has 0 aromatic heterocycles. The number of β-amino-alcohol motifs (C(OH)–C–C–N with tert-alkyl or cyclic N) is 1. The number of piperidine rings is 1. The summed E-state index contributed by atoms with van der Waals surface area (Å²) in [4.78, 5) is 2.44. The smallest absolute Gasteiger partial charge is 0.0693 e. The highest BCUT2D eigenvalue weighted by Crippen LogP contribution is 2.17. The molecule has 1 aliphatic rings. The Morgan fingerprint density at radius 1 is 1.06 bits per heavy atom. The van der Waals surface area contributed by atoms with Gasteiger partial charge >= 0.3 is 0 Å². The molecule has 2 unspecified atom stereocenters. The molecule has 1 aliphatic heterocycles. The molecule has 0 spiro atoms. The van der Waals surface area contributed by atoms with Crippen molar-refractivity contribution in [2.24, 2.45) is 5.92 Å². The number of rotatable bonds is 8. The van der Waals surface area contributed by atoms with Gasteiger partial charge in [-0.1, -0.05) is 52.4 Å². The summed E-state index contributed by atoms with van der Waals surface area (Å²) in [5, 5.41) is 9.81. The monoisotopic (exact) mass is 241 g/mol. The maximum Gasteiger partial charge on any atom is 0.0693 e. The van der Waals surface area contributed by atoms with Gasteiger partial charge in [-0.2, -0.15) is 0 Å². The molecule has 1 N–H and O–H groups in total. The minimum Gasteiger partial charge on any atom is -0.392 e. The second-order valence-corrected chi connectivity index (χ2v) is 5.76. The van der Waals surface area contributed by atoms with Crippen molar-refractivity contribution in [2.75, 3.05) is 19.6 Å². The van der Waals surface area contributed by atoms with E-state index in [1.165, 1.54) is 58.0 Å². The molecule has 0 radical (unpaired) electrons. The average molecular weight is 241 g/mol. The lowest BCUT2D eigenvalue weighted by atomic mass is 9.96. The van der Waals surface area contributed by atoms with Crippen LogP contribution in [0.15, 0.2) is 0 Å². The summed E-state index contributed by atoms with van der Waals surface area (Å²) in [6.45, 7) is 7.71. The van der Waals surface area contributed by atoms with E-state index in [4.69, 9.17) is 0 Å².